The van der Waals surface area contributed by atoms with Crippen molar-refractivity contribution in [3.05, 3.63) is 82.9 Å². The van der Waals surface area contributed by atoms with Gasteiger partial charge < -0.3 is 4.98 Å². The molecule has 1 N–H and O–H groups in total. The Morgan fingerprint density at radius 1 is 1.03 bits per heavy atom. The third-order valence-corrected chi connectivity index (χ3v) is 7.77. The number of benzene rings is 2. The van der Waals surface area contributed by atoms with Crippen LogP contribution in [0, 0.1) is 0 Å². The summed E-state index contributed by atoms with van der Waals surface area (Å²) in [6, 6.07) is 22.6. The van der Waals surface area contributed by atoms with E-state index in [-0.39, 0.29) is 0 Å². The molecule has 0 unspecified atom stereocenters. The lowest BCUT2D eigenvalue weighted by atomic mass is 10.0. The van der Waals surface area contributed by atoms with Gasteiger partial charge in [-0.3, -0.25) is 9.80 Å². The van der Waals surface area contributed by atoms with Crippen molar-refractivity contribution in [1.82, 2.24) is 14.8 Å². The van der Waals surface area contributed by atoms with Crippen LogP contribution in [0.25, 0.3) is 21.3 Å². The van der Waals surface area contributed by atoms with Gasteiger partial charge in [0.1, 0.15) is 0 Å². The normalized spacial score (nSPS) is 15.8. The molecular formula is C27H31N3S. The molecule has 3 heterocycles. The van der Waals surface area contributed by atoms with Crippen molar-refractivity contribution in [2.45, 2.75) is 38.9 Å². The molecule has 4 aromatic rings. The van der Waals surface area contributed by atoms with E-state index in [0.717, 1.165) is 13.1 Å². The van der Waals surface area contributed by atoms with Crippen LogP contribution >= 0.6 is 11.3 Å². The maximum atomic E-state index is 3.40. The molecule has 4 heteroatoms. The number of aromatic amines is 1. The molecule has 0 amide bonds. The summed E-state index contributed by atoms with van der Waals surface area (Å²) in [5, 5.41) is 1.32. The second-order valence-electron chi connectivity index (χ2n) is 8.83. The van der Waals surface area contributed by atoms with Gasteiger partial charge in [-0.25, -0.2) is 0 Å². The highest BCUT2D eigenvalue weighted by Crippen LogP contribution is 2.32. The molecular weight excluding hydrogens is 398 g/mol. The van der Waals surface area contributed by atoms with Crippen LogP contribution in [0.3, 0.4) is 0 Å². The van der Waals surface area contributed by atoms with E-state index in [1.165, 1.54) is 63.3 Å². The molecule has 160 valence electrons. The van der Waals surface area contributed by atoms with Crippen LogP contribution in [-0.4, -0.2) is 34.9 Å². The minimum absolute atomic E-state index is 0.345. The summed E-state index contributed by atoms with van der Waals surface area (Å²) in [6.07, 6.45) is 4.85. The van der Waals surface area contributed by atoms with Crippen LogP contribution < -0.4 is 0 Å². The van der Waals surface area contributed by atoms with Crippen LogP contribution in [0.2, 0.25) is 0 Å². The molecule has 1 aliphatic rings. The summed E-state index contributed by atoms with van der Waals surface area (Å²) in [5.74, 6) is 0. The van der Waals surface area contributed by atoms with Crippen LogP contribution in [0.15, 0.2) is 66.9 Å². The number of nitrogens with one attached hydrogen (secondary N) is 1. The van der Waals surface area contributed by atoms with E-state index in [0.29, 0.717) is 6.04 Å². The number of fused-ring (bicyclic) bond motifs is 1. The second kappa shape index (κ2) is 8.99. The predicted molar refractivity (Wildman–Crippen MR) is 132 cm³/mol. The lowest BCUT2D eigenvalue weighted by molar-refractivity contribution is 0.254. The summed E-state index contributed by atoms with van der Waals surface area (Å²) in [4.78, 5) is 11.3. The topological polar surface area (TPSA) is 22.3 Å². The Labute approximate surface area is 189 Å². The van der Waals surface area contributed by atoms with Gasteiger partial charge >= 0.3 is 0 Å². The fourth-order valence-corrected chi connectivity index (χ4v) is 5.70. The highest BCUT2D eigenvalue weighted by Gasteiger charge is 2.16. The van der Waals surface area contributed by atoms with Gasteiger partial charge in [0.2, 0.25) is 0 Å². The Morgan fingerprint density at radius 2 is 1.87 bits per heavy atom. The van der Waals surface area contributed by atoms with Crippen molar-refractivity contribution in [2.24, 2.45) is 0 Å². The second-order valence-corrected chi connectivity index (χ2v) is 9.99. The zero-order valence-electron chi connectivity index (χ0n) is 18.5. The van der Waals surface area contributed by atoms with Crippen LogP contribution in [-0.2, 0) is 13.1 Å². The predicted octanol–water partition coefficient (Wildman–Crippen LogP) is 6.69. The monoisotopic (exact) mass is 429 g/mol. The lowest BCUT2D eigenvalue weighted by Crippen LogP contribution is -2.21. The quantitative estimate of drug-likeness (QED) is 0.354. The van der Waals surface area contributed by atoms with Crippen LogP contribution in [0.5, 0.6) is 0 Å². The number of H-pyrrole nitrogens is 1. The van der Waals surface area contributed by atoms with Gasteiger partial charge in [0.05, 0.1) is 0 Å². The number of likely N-dealkylation sites (tertiary alicyclic amines) is 1. The number of thiophene rings is 1. The highest BCUT2D eigenvalue weighted by molar-refractivity contribution is 7.15. The van der Waals surface area contributed by atoms with Gasteiger partial charge in [0.25, 0.3) is 0 Å². The van der Waals surface area contributed by atoms with E-state index in [9.17, 15) is 0 Å². The van der Waals surface area contributed by atoms with Crippen LogP contribution in [0.1, 0.15) is 41.8 Å². The van der Waals surface area contributed by atoms with Gasteiger partial charge in [-0.1, -0.05) is 36.4 Å². The molecule has 31 heavy (non-hydrogen) atoms. The Hall–Kier alpha value is -2.40. The molecule has 0 bridgehead atoms. The Bertz CT molecular complexity index is 1150. The fraction of sp³-hybridized carbons (Fsp3) is 0.333. The van der Waals surface area contributed by atoms with Crippen molar-refractivity contribution < 1.29 is 0 Å². The number of rotatable bonds is 7. The average molecular weight is 430 g/mol. The van der Waals surface area contributed by atoms with E-state index >= 15 is 0 Å². The average Bonchev–Trinajstić information content (AvgIpc) is 3.56. The van der Waals surface area contributed by atoms with Crippen molar-refractivity contribution >= 4 is 22.2 Å². The van der Waals surface area contributed by atoms with E-state index in [2.05, 4.69) is 95.6 Å². The molecule has 0 spiro atoms. The molecule has 5 rings (SSSR count). The minimum atomic E-state index is 0.345. The van der Waals surface area contributed by atoms with Gasteiger partial charge in [-0.05, 0) is 80.9 Å². The minimum Gasteiger partial charge on any atom is -0.361 e. The van der Waals surface area contributed by atoms with Crippen molar-refractivity contribution in [2.75, 3.05) is 20.1 Å². The third kappa shape index (κ3) is 4.47. The molecule has 2 aromatic heterocycles. The zero-order chi connectivity index (χ0) is 21.2. The summed E-state index contributed by atoms with van der Waals surface area (Å²) < 4.78 is 0. The maximum absolute atomic E-state index is 3.40. The number of hydrogen-bond acceptors (Lipinski definition) is 3. The summed E-state index contributed by atoms with van der Waals surface area (Å²) in [7, 11) is 2.22. The summed E-state index contributed by atoms with van der Waals surface area (Å²) >= 11 is 1.95. The van der Waals surface area contributed by atoms with Gasteiger partial charge in [0.15, 0.2) is 0 Å². The molecule has 2 aromatic carbocycles. The number of nitrogens with zero attached hydrogens (tertiary/aromatic N) is 2. The first-order valence-electron chi connectivity index (χ1n) is 11.3. The summed E-state index contributed by atoms with van der Waals surface area (Å²) in [6.45, 7) is 6.84. The number of hydrogen-bond donors (Lipinski definition) is 1. The molecule has 1 saturated heterocycles. The van der Waals surface area contributed by atoms with Crippen molar-refractivity contribution in [3.63, 3.8) is 0 Å². The Morgan fingerprint density at radius 3 is 2.74 bits per heavy atom. The van der Waals surface area contributed by atoms with E-state index in [1.54, 1.807) is 0 Å². The SMILES string of the molecule is C[C@H](c1cccc(-c2ccc(CN3CCCC3)s2)c1)N(C)Cc1c[nH]c2ccccc12. The van der Waals surface area contributed by atoms with E-state index in [4.69, 9.17) is 0 Å². The molecule has 0 aliphatic carbocycles. The first-order valence-corrected chi connectivity index (χ1v) is 12.2. The highest BCUT2D eigenvalue weighted by atomic mass is 32.1. The first-order chi connectivity index (χ1) is 15.2. The lowest BCUT2D eigenvalue weighted by Gasteiger charge is -2.25. The number of aromatic nitrogens is 1. The van der Waals surface area contributed by atoms with Gasteiger partial charge in [-0.15, -0.1) is 11.3 Å². The van der Waals surface area contributed by atoms with Gasteiger partial charge in [-0.2, -0.15) is 0 Å². The summed E-state index contributed by atoms with van der Waals surface area (Å²) in [5.41, 5.74) is 5.27. The van der Waals surface area contributed by atoms with Crippen LogP contribution in [0.4, 0.5) is 0 Å². The third-order valence-electron chi connectivity index (χ3n) is 6.65. The first kappa shape index (κ1) is 20.5. The molecule has 3 nitrogen and oxygen atoms in total. The van der Waals surface area contributed by atoms with Crippen molar-refractivity contribution in [3.8, 4) is 10.4 Å². The standard InChI is InChI=1S/C27H31N3S/c1-20(29(2)18-23-17-28-26-11-4-3-10-25(23)26)21-8-7-9-22(16-21)27-13-12-24(31-27)19-30-14-5-6-15-30/h3-4,7-13,16-17,20,28H,5-6,14-15,18-19H2,1-2H3/t20-/m1/s1. The molecule has 0 radical (unpaired) electrons. The fourth-order valence-electron chi connectivity index (χ4n) is 4.65. The zero-order valence-corrected chi connectivity index (χ0v) is 19.3. The van der Waals surface area contributed by atoms with Gasteiger partial charge in [0, 0.05) is 46.0 Å². The number of para-hydroxylation sites is 1. The largest absolute Gasteiger partial charge is 0.361 e. The smallest absolute Gasteiger partial charge is 0.0457 e. The molecule has 1 fully saturated rings. The Kier molecular flexibility index (Phi) is 5.95. The van der Waals surface area contributed by atoms with Crippen molar-refractivity contribution in [1.29, 1.82) is 0 Å². The molecule has 0 saturated carbocycles. The Balaban J connectivity index is 1.30. The van der Waals surface area contributed by atoms with E-state index in [1.807, 2.05) is 11.3 Å². The molecule has 1 aliphatic heterocycles. The van der Waals surface area contributed by atoms with E-state index < -0.39 is 0 Å². The maximum Gasteiger partial charge on any atom is 0.0457 e. The molecule has 1 atom stereocenters.